The van der Waals surface area contributed by atoms with Crippen molar-refractivity contribution in [3.63, 3.8) is 0 Å². The van der Waals surface area contributed by atoms with Gasteiger partial charge in [0, 0.05) is 24.4 Å². The molecule has 6 heteroatoms. The summed E-state index contributed by atoms with van der Waals surface area (Å²) in [6.45, 7) is 0. The number of nitriles is 1. The third-order valence-electron chi connectivity index (χ3n) is 5.50. The van der Waals surface area contributed by atoms with Gasteiger partial charge in [-0.3, -0.25) is 14.6 Å². The molecule has 174 valence electrons. The number of unbranched alkanes of at least 4 members (excludes halogenated alkanes) is 2. The normalized spacial score (nSPS) is 10.5. The zero-order valence-corrected chi connectivity index (χ0v) is 19.1. The van der Waals surface area contributed by atoms with Gasteiger partial charge >= 0.3 is 11.9 Å². The lowest BCUT2D eigenvalue weighted by Crippen LogP contribution is -2.09. The molecule has 0 N–H and O–H groups in total. The molecule has 6 nitrogen and oxygen atoms in total. The maximum atomic E-state index is 12.1. The van der Waals surface area contributed by atoms with Crippen LogP contribution in [0.2, 0.25) is 0 Å². The Morgan fingerprint density at radius 2 is 1.34 bits per heavy atom. The first-order chi connectivity index (χ1) is 17.1. The molecule has 4 aromatic rings. The fourth-order valence-electron chi connectivity index (χ4n) is 3.65. The highest BCUT2D eigenvalue weighted by Crippen LogP contribution is 2.23. The number of esters is 2. The van der Waals surface area contributed by atoms with Gasteiger partial charge in [0.05, 0.1) is 17.1 Å². The summed E-state index contributed by atoms with van der Waals surface area (Å²) in [5, 5.41) is 9.81. The van der Waals surface area contributed by atoms with E-state index in [1.54, 1.807) is 42.6 Å². The molecule has 0 aliphatic carbocycles. The molecule has 0 bridgehead atoms. The van der Waals surface area contributed by atoms with E-state index in [1.807, 2.05) is 42.5 Å². The maximum Gasteiger partial charge on any atom is 0.311 e. The van der Waals surface area contributed by atoms with Gasteiger partial charge in [-0.15, -0.1) is 0 Å². The molecule has 0 aliphatic rings. The summed E-state index contributed by atoms with van der Waals surface area (Å²) in [6, 6.07) is 25.8. The largest absolute Gasteiger partial charge is 0.427 e. The van der Waals surface area contributed by atoms with Gasteiger partial charge in [-0.05, 0) is 72.5 Å². The Morgan fingerprint density at radius 3 is 2.00 bits per heavy atom. The predicted molar refractivity (Wildman–Crippen MR) is 133 cm³/mol. The van der Waals surface area contributed by atoms with E-state index in [4.69, 9.17) is 14.7 Å². The number of hydrogen-bond acceptors (Lipinski definition) is 6. The minimum absolute atomic E-state index is 0.282. The molecule has 1 aromatic heterocycles. The van der Waals surface area contributed by atoms with Gasteiger partial charge in [0.1, 0.15) is 11.5 Å². The van der Waals surface area contributed by atoms with Crippen molar-refractivity contribution >= 4 is 22.8 Å². The quantitative estimate of drug-likeness (QED) is 0.166. The summed E-state index contributed by atoms with van der Waals surface area (Å²) < 4.78 is 10.8. The number of ether oxygens (including phenoxy) is 2. The molecule has 0 amide bonds. The summed E-state index contributed by atoms with van der Waals surface area (Å²) in [4.78, 5) is 28.5. The van der Waals surface area contributed by atoms with Crippen LogP contribution < -0.4 is 9.47 Å². The van der Waals surface area contributed by atoms with E-state index in [9.17, 15) is 9.59 Å². The summed E-state index contributed by atoms with van der Waals surface area (Å²) in [5.41, 5.74) is 3.42. The van der Waals surface area contributed by atoms with Crippen LogP contribution in [0.15, 0.2) is 85.1 Å². The van der Waals surface area contributed by atoms with Crippen LogP contribution in [0.1, 0.15) is 37.7 Å². The van der Waals surface area contributed by atoms with E-state index in [0.717, 1.165) is 28.5 Å². The fourth-order valence-corrected chi connectivity index (χ4v) is 3.65. The zero-order chi connectivity index (χ0) is 24.5. The van der Waals surface area contributed by atoms with Gasteiger partial charge in [-0.25, -0.2) is 0 Å². The third kappa shape index (κ3) is 6.75. The summed E-state index contributed by atoms with van der Waals surface area (Å²) in [7, 11) is 0. The molecular weight excluding hydrogens is 440 g/mol. The minimum atomic E-state index is -0.302. The zero-order valence-electron chi connectivity index (χ0n) is 19.1. The van der Waals surface area contributed by atoms with E-state index in [1.165, 1.54) is 0 Å². The van der Waals surface area contributed by atoms with E-state index in [-0.39, 0.29) is 24.8 Å². The molecule has 0 aliphatic heterocycles. The Morgan fingerprint density at radius 1 is 0.743 bits per heavy atom. The Hall–Kier alpha value is -4.50. The number of benzene rings is 3. The van der Waals surface area contributed by atoms with E-state index in [0.29, 0.717) is 29.9 Å². The van der Waals surface area contributed by atoms with Crippen LogP contribution in [0.3, 0.4) is 0 Å². The molecule has 0 saturated heterocycles. The standard InChI is InChI=1S/C29H24N2O4/c30-20-21-8-10-22(11-9-21)23-12-14-25(15-13-23)34-28(32)6-2-1-3-7-29(33)35-26-16-17-27-24(19-26)5-4-18-31-27/h4-5,8-19H,1-3,6-7H2. The molecule has 35 heavy (non-hydrogen) atoms. The van der Waals surface area contributed by atoms with Crippen molar-refractivity contribution in [2.24, 2.45) is 0 Å². The molecule has 4 rings (SSSR count). The van der Waals surface area contributed by atoms with E-state index >= 15 is 0 Å². The average molecular weight is 465 g/mol. The van der Waals surface area contributed by atoms with Crippen molar-refractivity contribution < 1.29 is 19.1 Å². The topological polar surface area (TPSA) is 89.3 Å². The Balaban J connectivity index is 1.15. The number of nitrogens with zero attached hydrogens (tertiary/aromatic N) is 2. The van der Waals surface area contributed by atoms with E-state index in [2.05, 4.69) is 11.1 Å². The van der Waals surface area contributed by atoms with E-state index < -0.39 is 0 Å². The van der Waals surface area contributed by atoms with Crippen LogP contribution in [-0.4, -0.2) is 16.9 Å². The molecule has 0 atom stereocenters. The van der Waals surface area contributed by atoms with Crippen LogP contribution >= 0.6 is 0 Å². The average Bonchev–Trinajstić information content (AvgIpc) is 2.89. The SMILES string of the molecule is N#Cc1ccc(-c2ccc(OC(=O)CCCCCC(=O)Oc3ccc4ncccc4c3)cc2)cc1. The molecule has 3 aromatic carbocycles. The number of carbonyl (C=O) groups excluding carboxylic acids is 2. The van der Waals surface area contributed by atoms with Crippen molar-refractivity contribution in [3.8, 4) is 28.7 Å². The number of pyridine rings is 1. The number of fused-ring (bicyclic) bond motifs is 1. The number of hydrogen-bond donors (Lipinski definition) is 0. The molecule has 0 spiro atoms. The Bertz CT molecular complexity index is 1360. The lowest BCUT2D eigenvalue weighted by atomic mass is 10.0. The summed E-state index contributed by atoms with van der Waals surface area (Å²) in [5.74, 6) is 0.396. The highest BCUT2D eigenvalue weighted by atomic mass is 16.5. The second-order valence-electron chi connectivity index (χ2n) is 8.08. The van der Waals surface area contributed by atoms with Crippen molar-refractivity contribution in [1.82, 2.24) is 4.98 Å². The van der Waals surface area contributed by atoms with Gasteiger partial charge in [0.25, 0.3) is 0 Å². The number of aromatic nitrogens is 1. The van der Waals surface area contributed by atoms with Gasteiger partial charge in [-0.2, -0.15) is 5.26 Å². The van der Waals surface area contributed by atoms with Crippen molar-refractivity contribution in [2.45, 2.75) is 32.1 Å². The monoisotopic (exact) mass is 464 g/mol. The van der Waals surface area contributed by atoms with Crippen LogP contribution in [0.4, 0.5) is 0 Å². The fraction of sp³-hybridized carbons (Fsp3) is 0.172. The van der Waals surface area contributed by atoms with Crippen LogP contribution in [0, 0.1) is 11.3 Å². The predicted octanol–water partition coefficient (Wildman–Crippen LogP) is 6.23. The van der Waals surface area contributed by atoms with Gasteiger partial charge in [-0.1, -0.05) is 36.8 Å². The van der Waals surface area contributed by atoms with Crippen molar-refractivity contribution in [3.05, 3.63) is 90.6 Å². The first kappa shape index (κ1) is 23.7. The highest BCUT2D eigenvalue weighted by molar-refractivity contribution is 5.81. The van der Waals surface area contributed by atoms with Gasteiger partial charge in [0.15, 0.2) is 0 Å². The molecule has 0 fully saturated rings. The number of rotatable bonds is 9. The molecule has 0 radical (unpaired) electrons. The maximum absolute atomic E-state index is 12.1. The number of carbonyl (C=O) groups is 2. The molecule has 0 unspecified atom stereocenters. The lowest BCUT2D eigenvalue weighted by molar-refractivity contribution is -0.134. The highest BCUT2D eigenvalue weighted by Gasteiger charge is 2.08. The van der Waals surface area contributed by atoms with Crippen LogP contribution in [0.25, 0.3) is 22.0 Å². The Kier molecular flexibility index (Phi) is 7.82. The smallest absolute Gasteiger partial charge is 0.311 e. The first-order valence-corrected chi connectivity index (χ1v) is 11.5. The third-order valence-corrected chi connectivity index (χ3v) is 5.50. The summed E-state index contributed by atoms with van der Waals surface area (Å²) >= 11 is 0. The van der Waals surface area contributed by atoms with Crippen LogP contribution in [0.5, 0.6) is 11.5 Å². The Labute approximate surface area is 203 Å². The van der Waals surface area contributed by atoms with Gasteiger partial charge in [0.2, 0.25) is 0 Å². The lowest BCUT2D eigenvalue weighted by Gasteiger charge is -2.07. The summed E-state index contributed by atoms with van der Waals surface area (Å²) in [6.07, 6.45) is 4.29. The first-order valence-electron chi connectivity index (χ1n) is 11.5. The molecule has 1 heterocycles. The second-order valence-corrected chi connectivity index (χ2v) is 8.08. The molecular formula is C29H24N2O4. The minimum Gasteiger partial charge on any atom is -0.427 e. The van der Waals surface area contributed by atoms with Crippen molar-refractivity contribution in [2.75, 3.05) is 0 Å². The second kappa shape index (κ2) is 11.6. The van der Waals surface area contributed by atoms with Crippen molar-refractivity contribution in [1.29, 1.82) is 5.26 Å². The van der Waals surface area contributed by atoms with Gasteiger partial charge < -0.3 is 9.47 Å². The van der Waals surface area contributed by atoms with Crippen LogP contribution in [-0.2, 0) is 9.59 Å². The molecule has 0 saturated carbocycles.